The van der Waals surface area contributed by atoms with Crippen LogP contribution in [0, 0.1) is 44.8 Å². The standard InChI is InChI=1S/C35H49N3O6/c1-20(39)37-38-29(42)35-13-11-30(3,4)17-23(35)27-24(41)15-26-31(5)16-22-18-36-44-28(22)32(6,19-43-21(2)40)25(31)9-10-33(26,7)34(27,8)12-14-35/h15,18,23,25,27H,9-14,16-17,19H2,1-8H3,(H,37,39)(H,38,42)/t23-,25?,27-,31-,32-,33+,34+,35-/m0/s1. The first-order valence-corrected chi connectivity index (χ1v) is 16.3. The molecule has 240 valence electrons. The van der Waals surface area contributed by atoms with Crippen LogP contribution < -0.4 is 10.9 Å². The number of hydrogen-bond donors (Lipinski definition) is 2. The summed E-state index contributed by atoms with van der Waals surface area (Å²) in [6.07, 6.45) is 10.1. The highest BCUT2D eigenvalue weighted by Gasteiger charge is 2.71. The molecule has 0 aromatic carbocycles. The number of amides is 2. The summed E-state index contributed by atoms with van der Waals surface area (Å²) in [6, 6.07) is 0. The lowest BCUT2D eigenvalue weighted by atomic mass is 9.34. The van der Waals surface area contributed by atoms with E-state index in [0.29, 0.717) is 19.3 Å². The van der Waals surface area contributed by atoms with Crippen LogP contribution in [0.4, 0.5) is 0 Å². The summed E-state index contributed by atoms with van der Waals surface area (Å²) in [4.78, 5) is 52.4. The summed E-state index contributed by atoms with van der Waals surface area (Å²) in [5.41, 5.74) is 5.18. The van der Waals surface area contributed by atoms with E-state index in [1.807, 2.05) is 6.08 Å². The van der Waals surface area contributed by atoms with Crippen molar-refractivity contribution < 1.29 is 28.4 Å². The number of nitrogens with zero attached hydrogens (tertiary/aromatic N) is 1. The first-order valence-electron chi connectivity index (χ1n) is 16.3. The predicted octanol–water partition coefficient (Wildman–Crippen LogP) is 5.38. The molecule has 2 N–H and O–H groups in total. The van der Waals surface area contributed by atoms with Crippen molar-refractivity contribution in [2.75, 3.05) is 6.61 Å². The molecule has 6 rings (SSSR count). The minimum Gasteiger partial charge on any atom is -0.465 e. The third-order valence-electron chi connectivity index (χ3n) is 13.5. The predicted molar refractivity (Wildman–Crippen MR) is 163 cm³/mol. The molecule has 9 nitrogen and oxygen atoms in total. The van der Waals surface area contributed by atoms with Crippen LogP contribution in [0.2, 0.25) is 0 Å². The minimum absolute atomic E-state index is 0.00208. The average Bonchev–Trinajstić information content (AvgIpc) is 3.40. The molecule has 0 spiro atoms. The molecule has 1 aromatic rings. The lowest BCUT2D eigenvalue weighted by Crippen LogP contribution is -2.67. The quantitative estimate of drug-likeness (QED) is 0.349. The monoisotopic (exact) mass is 607 g/mol. The molecule has 0 aliphatic heterocycles. The molecule has 1 unspecified atom stereocenters. The van der Waals surface area contributed by atoms with Gasteiger partial charge in [-0.1, -0.05) is 45.3 Å². The maximum Gasteiger partial charge on any atom is 0.302 e. The van der Waals surface area contributed by atoms with Gasteiger partial charge in [-0.3, -0.25) is 30.0 Å². The summed E-state index contributed by atoms with van der Waals surface area (Å²) in [5.74, 6) is -0.231. The Hall–Kier alpha value is -2.97. The molecule has 8 atom stereocenters. The van der Waals surface area contributed by atoms with Gasteiger partial charge in [-0.25, -0.2) is 0 Å². The molecular weight excluding hydrogens is 558 g/mol. The number of nitrogens with one attached hydrogen (secondary N) is 2. The number of allylic oxidation sites excluding steroid dienone is 2. The maximum absolute atomic E-state index is 14.7. The number of esters is 1. The second kappa shape index (κ2) is 9.76. The molecule has 3 saturated carbocycles. The molecule has 0 radical (unpaired) electrons. The third kappa shape index (κ3) is 4.12. The highest BCUT2D eigenvalue weighted by atomic mass is 16.5. The Labute approximate surface area is 260 Å². The third-order valence-corrected chi connectivity index (χ3v) is 13.5. The Morgan fingerprint density at radius 3 is 2.39 bits per heavy atom. The zero-order chi connectivity index (χ0) is 32.1. The number of ether oxygens (including phenoxy) is 1. The van der Waals surface area contributed by atoms with E-state index in [1.54, 1.807) is 6.20 Å². The largest absolute Gasteiger partial charge is 0.465 e. The summed E-state index contributed by atoms with van der Waals surface area (Å²) in [5, 5.41) is 4.17. The van der Waals surface area contributed by atoms with E-state index in [9.17, 15) is 19.2 Å². The van der Waals surface area contributed by atoms with Gasteiger partial charge in [-0.05, 0) is 97.9 Å². The first-order chi connectivity index (χ1) is 20.4. The second-order valence-electron chi connectivity index (χ2n) is 16.5. The first kappa shape index (κ1) is 31.0. The Kier molecular flexibility index (Phi) is 6.89. The number of aromatic nitrogens is 1. The van der Waals surface area contributed by atoms with Crippen molar-refractivity contribution in [3.63, 3.8) is 0 Å². The van der Waals surface area contributed by atoms with E-state index in [0.717, 1.165) is 43.4 Å². The van der Waals surface area contributed by atoms with E-state index in [2.05, 4.69) is 57.6 Å². The normalized spacial score (nSPS) is 41.9. The number of fused-ring (bicyclic) bond motifs is 8. The van der Waals surface area contributed by atoms with Crippen LogP contribution in [0.15, 0.2) is 22.4 Å². The zero-order valence-electron chi connectivity index (χ0n) is 27.6. The minimum atomic E-state index is -0.703. The number of carbonyl (C=O) groups is 4. The van der Waals surface area contributed by atoms with Crippen LogP contribution in [-0.4, -0.2) is 35.3 Å². The van der Waals surface area contributed by atoms with Gasteiger partial charge in [0, 0.05) is 25.3 Å². The van der Waals surface area contributed by atoms with Crippen molar-refractivity contribution in [1.82, 2.24) is 16.0 Å². The van der Waals surface area contributed by atoms with Gasteiger partial charge in [0.1, 0.15) is 12.4 Å². The van der Waals surface area contributed by atoms with Crippen LogP contribution in [-0.2, 0) is 35.8 Å². The molecule has 5 aliphatic rings. The number of hydrazine groups is 1. The summed E-state index contributed by atoms with van der Waals surface area (Å²) in [7, 11) is 0. The Morgan fingerprint density at radius 1 is 1.00 bits per heavy atom. The smallest absolute Gasteiger partial charge is 0.302 e. The van der Waals surface area contributed by atoms with E-state index in [4.69, 9.17) is 9.26 Å². The van der Waals surface area contributed by atoms with E-state index >= 15 is 0 Å². The molecule has 5 aliphatic carbocycles. The van der Waals surface area contributed by atoms with Gasteiger partial charge >= 0.3 is 5.97 Å². The number of hydrogen-bond acceptors (Lipinski definition) is 7. The highest BCUT2D eigenvalue weighted by molar-refractivity contribution is 5.97. The van der Waals surface area contributed by atoms with Crippen molar-refractivity contribution in [2.45, 2.75) is 112 Å². The number of rotatable bonds is 3. The van der Waals surface area contributed by atoms with Crippen LogP contribution in [0.1, 0.15) is 112 Å². The van der Waals surface area contributed by atoms with E-state index in [1.165, 1.54) is 19.4 Å². The molecule has 2 amide bonds. The highest BCUT2D eigenvalue weighted by Crippen LogP contribution is 2.74. The SMILES string of the molecule is CC(=O)NNC(=O)[C@]12CCC(C)(C)C[C@H]1[C@H]1C(=O)C=C3[C@@]4(C)Cc5cnoc5[C@@](C)(COC(C)=O)C4CC[C@@]3(C)[C@]1(C)CC2. The number of ketones is 1. The average molecular weight is 608 g/mol. The van der Waals surface area contributed by atoms with Crippen LogP contribution in [0.25, 0.3) is 0 Å². The van der Waals surface area contributed by atoms with Crippen molar-refractivity contribution in [3.05, 3.63) is 29.2 Å². The molecule has 0 saturated heterocycles. The second-order valence-corrected chi connectivity index (χ2v) is 16.5. The number of carbonyl (C=O) groups excluding carboxylic acids is 4. The molecule has 1 heterocycles. The lowest BCUT2D eigenvalue weighted by molar-refractivity contribution is -0.180. The molecule has 9 heteroatoms. The van der Waals surface area contributed by atoms with Gasteiger partial charge < -0.3 is 9.26 Å². The Balaban J connectivity index is 1.46. The fraction of sp³-hybridized carbons (Fsp3) is 0.743. The topological polar surface area (TPSA) is 128 Å². The Morgan fingerprint density at radius 2 is 1.70 bits per heavy atom. The van der Waals surface area contributed by atoms with Gasteiger partial charge in [0.05, 0.1) is 17.0 Å². The molecule has 3 fully saturated rings. The fourth-order valence-corrected chi connectivity index (χ4v) is 11.2. The molecule has 0 bridgehead atoms. The van der Waals surface area contributed by atoms with Crippen molar-refractivity contribution in [3.8, 4) is 0 Å². The van der Waals surface area contributed by atoms with Gasteiger partial charge in [0.25, 0.3) is 0 Å². The van der Waals surface area contributed by atoms with Crippen LogP contribution in [0.3, 0.4) is 0 Å². The summed E-state index contributed by atoms with van der Waals surface area (Å²) in [6.45, 7) is 16.6. The van der Waals surface area contributed by atoms with Crippen LogP contribution >= 0.6 is 0 Å². The molecule has 44 heavy (non-hydrogen) atoms. The van der Waals surface area contributed by atoms with Gasteiger partial charge in [-0.15, -0.1) is 0 Å². The Bertz CT molecular complexity index is 1460. The van der Waals surface area contributed by atoms with Crippen molar-refractivity contribution >= 4 is 23.6 Å². The molecular formula is C35H49N3O6. The van der Waals surface area contributed by atoms with Gasteiger partial charge in [0.15, 0.2) is 5.78 Å². The molecule has 1 aromatic heterocycles. The fourth-order valence-electron chi connectivity index (χ4n) is 11.2. The lowest BCUT2D eigenvalue weighted by Gasteiger charge is -2.69. The van der Waals surface area contributed by atoms with E-state index < -0.39 is 10.8 Å². The van der Waals surface area contributed by atoms with Gasteiger partial charge in [-0.2, -0.15) is 0 Å². The van der Waals surface area contributed by atoms with Crippen LogP contribution in [0.5, 0.6) is 0 Å². The van der Waals surface area contributed by atoms with Crippen molar-refractivity contribution in [2.24, 2.45) is 44.8 Å². The van der Waals surface area contributed by atoms with E-state index in [-0.39, 0.29) is 69.6 Å². The van der Waals surface area contributed by atoms with Crippen molar-refractivity contribution in [1.29, 1.82) is 0 Å². The van der Waals surface area contributed by atoms with Gasteiger partial charge in [0.2, 0.25) is 11.8 Å². The summed E-state index contributed by atoms with van der Waals surface area (Å²) >= 11 is 0. The maximum atomic E-state index is 14.7. The summed E-state index contributed by atoms with van der Waals surface area (Å²) < 4.78 is 11.5. The zero-order valence-corrected chi connectivity index (χ0v) is 27.6.